The lowest BCUT2D eigenvalue weighted by atomic mass is 10.1. The second kappa shape index (κ2) is 6.92. The van der Waals surface area contributed by atoms with Crippen molar-refractivity contribution in [2.75, 3.05) is 13.2 Å². The summed E-state index contributed by atoms with van der Waals surface area (Å²) in [6, 6.07) is 17.6. The molecule has 0 radical (unpaired) electrons. The summed E-state index contributed by atoms with van der Waals surface area (Å²) in [6.45, 7) is 2.74. The number of nitrogens with one attached hydrogen (secondary N) is 1. The molecular formula is C19H18N2O2. The average Bonchev–Trinajstić information content (AvgIpc) is 2.59. The zero-order valence-corrected chi connectivity index (χ0v) is 13.0. The van der Waals surface area contributed by atoms with Crippen molar-refractivity contribution in [2.24, 2.45) is 0 Å². The van der Waals surface area contributed by atoms with Crippen LogP contribution in [0.1, 0.15) is 16.1 Å². The van der Waals surface area contributed by atoms with Gasteiger partial charge in [0.15, 0.2) is 0 Å². The molecule has 0 unspecified atom stereocenters. The second-order valence-corrected chi connectivity index (χ2v) is 5.27. The molecule has 116 valence electrons. The van der Waals surface area contributed by atoms with E-state index in [-0.39, 0.29) is 5.91 Å². The minimum atomic E-state index is -0.140. The van der Waals surface area contributed by atoms with E-state index in [9.17, 15) is 4.79 Å². The van der Waals surface area contributed by atoms with E-state index in [0.29, 0.717) is 18.7 Å². The second-order valence-electron chi connectivity index (χ2n) is 5.27. The van der Waals surface area contributed by atoms with Crippen molar-refractivity contribution in [2.45, 2.75) is 6.92 Å². The van der Waals surface area contributed by atoms with Gasteiger partial charge in [-0.15, -0.1) is 0 Å². The Morgan fingerprint density at radius 2 is 1.91 bits per heavy atom. The van der Waals surface area contributed by atoms with Crippen LogP contribution >= 0.6 is 0 Å². The van der Waals surface area contributed by atoms with Crippen LogP contribution in [0.3, 0.4) is 0 Å². The molecule has 0 aliphatic rings. The van der Waals surface area contributed by atoms with Gasteiger partial charge in [0.2, 0.25) is 0 Å². The third-order valence-corrected chi connectivity index (χ3v) is 3.57. The number of nitrogens with zero attached hydrogens (tertiary/aromatic N) is 1. The van der Waals surface area contributed by atoms with E-state index in [4.69, 9.17) is 4.74 Å². The molecule has 1 heterocycles. The summed E-state index contributed by atoms with van der Waals surface area (Å²) >= 11 is 0. The predicted octanol–water partition coefficient (Wildman–Crippen LogP) is 3.35. The molecule has 23 heavy (non-hydrogen) atoms. The molecule has 1 amide bonds. The van der Waals surface area contributed by atoms with E-state index in [1.807, 2.05) is 55.5 Å². The number of hydrogen-bond donors (Lipinski definition) is 1. The zero-order valence-electron chi connectivity index (χ0n) is 13.0. The van der Waals surface area contributed by atoms with Crippen molar-refractivity contribution in [3.63, 3.8) is 0 Å². The first-order valence-corrected chi connectivity index (χ1v) is 7.55. The number of benzene rings is 2. The molecule has 0 atom stereocenters. The number of amides is 1. The highest BCUT2D eigenvalue weighted by Gasteiger charge is 2.05. The molecule has 0 aliphatic heterocycles. The molecule has 0 fully saturated rings. The number of carbonyl (C=O) groups excluding carboxylic acids is 1. The summed E-state index contributed by atoms with van der Waals surface area (Å²) in [5.74, 6) is 0.688. The summed E-state index contributed by atoms with van der Waals surface area (Å²) in [6.07, 6.45) is 1.58. The maximum absolute atomic E-state index is 12.0. The Balaban J connectivity index is 1.55. The molecular weight excluding hydrogens is 288 g/mol. The van der Waals surface area contributed by atoms with Gasteiger partial charge < -0.3 is 10.1 Å². The van der Waals surface area contributed by atoms with Crippen molar-refractivity contribution in [1.29, 1.82) is 0 Å². The van der Waals surface area contributed by atoms with Gasteiger partial charge in [0.1, 0.15) is 12.4 Å². The normalized spacial score (nSPS) is 10.5. The number of rotatable bonds is 5. The molecule has 3 aromatic rings. The van der Waals surface area contributed by atoms with Crippen LogP contribution in [-0.2, 0) is 0 Å². The first kappa shape index (κ1) is 15.0. The van der Waals surface area contributed by atoms with Crippen LogP contribution in [0.2, 0.25) is 0 Å². The highest BCUT2D eigenvalue weighted by atomic mass is 16.5. The van der Waals surface area contributed by atoms with Gasteiger partial charge >= 0.3 is 0 Å². The van der Waals surface area contributed by atoms with Gasteiger partial charge in [-0.3, -0.25) is 9.78 Å². The van der Waals surface area contributed by atoms with E-state index >= 15 is 0 Å². The predicted molar refractivity (Wildman–Crippen MR) is 90.8 cm³/mol. The van der Waals surface area contributed by atoms with Crippen LogP contribution in [0, 0.1) is 6.92 Å². The number of hydrogen-bond acceptors (Lipinski definition) is 3. The molecule has 0 saturated carbocycles. The first-order valence-electron chi connectivity index (χ1n) is 7.55. The molecule has 4 heteroatoms. The first-order chi connectivity index (χ1) is 11.2. The molecule has 1 aromatic heterocycles. The Labute approximate surface area is 135 Å². The zero-order chi connectivity index (χ0) is 16.1. The Hall–Kier alpha value is -2.88. The van der Waals surface area contributed by atoms with E-state index < -0.39 is 0 Å². The fourth-order valence-corrected chi connectivity index (χ4v) is 2.35. The monoisotopic (exact) mass is 306 g/mol. The summed E-state index contributed by atoms with van der Waals surface area (Å²) in [7, 11) is 0. The third-order valence-electron chi connectivity index (χ3n) is 3.57. The number of ether oxygens (including phenoxy) is 1. The maximum Gasteiger partial charge on any atom is 0.252 e. The van der Waals surface area contributed by atoms with Crippen LogP contribution < -0.4 is 10.1 Å². The van der Waals surface area contributed by atoms with Crippen molar-refractivity contribution in [3.05, 3.63) is 72.1 Å². The number of carbonyl (C=O) groups is 1. The van der Waals surface area contributed by atoms with Crippen molar-refractivity contribution >= 4 is 16.7 Å². The topological polar surface area (TPSA) is 51.2 Å². The van der Waals surface area contributed by atoms with E-state index in [0.717, 1.165) is 22.2 Å². The number of aryl methyl sites for hydroxylation is 1. The molecule has 2 aromatic carbocycles. The number of fused-ring (bicyclic) bond motifs is 1. The smallest absolute Gasteiger partial charge is 0.252 e. The largest absolute Gasteiger partial charge is 0.491 e. The van der Waals surface area contributed by atoms with Gasteiger partial charge in [-0.25, -0.2) is 0 Å². The highest BCUT2D eigenvalue weighted by molar-refractivity contribution is 5.93. The molecule has 0 bridgehead atoms. The summed E-state index contributed by atoms with van der Waals surface area (Å²) in [4.78, 5) is 16.1. The van der Waals surface area contributed by atoms with Gasteiger partial charge in [-0.1, -0.05) is 36.4 Å². The van der Waals surface area contributed by atoms with Crippen LogP contribution in [-0.4, -0.2) is 24.0 Å². The van der Waals surface area contributed by atoms with E-state index in [1.54, 1.807) is 12.3 Å². The van der Waals surface area contributed by atoms with Gasteiger partial charge in [-0.05, 0) is 30.5 Å². The van der Waals surface area contributed by atoms with Gasteiger partial charge in [-0.2, -0.15) is 0 Å². The summed E-state index contributed by atoms with van der Waals surface area (Å²) in [5.41, 5.74) is 1.45. The average molecular weight is 306 g/mol. The Morgan fingerprint density at radius 1 is 1.09 bits per heavy atom. The molecule has 0 aliphatic carbocycles. The summed E-state index contributed by atoms with van der Waals surface area (Å²) in [5, 5.41) is 5.04. The van der Waals surface area contributed by atoms with Crippen molar-refractivity contribution in [1.82, 2.24) is 10.3 Å². The van der Waals surface area contributed by atoms with E-state index in [2.05, 4.69) is 10.3 Å². The minimum absolute atomic E-state index is 0.140. The SMILES string of the molecule is Cc1ccc(C(=O)NCCOc2cccc3ccccc23)cn1. The lowest BCUT2D eigenvalue weighted by Crippen LogP contribution is -2.28. The Bertz CT molecular complexity index is 808. The van der Waals surface area contributed by atoms with Crippen molar-refractivity contribution < 1.29 is 9.53 Å². The minimum Gasteiger partial charge on any atom is -0.491 e. The standard InChI is InChI=1S/C19H18N2O2/c1-14-9-10-16(13-21-14)19(22)20-11-12-23-18-8-4-6-15-5-2-3-7-17(15)18/h2-10,13H,11-12H2,1H3,(H,20,22). The number of pyridine rings is 1. The van der Waals surface area contributed by atoms with Crippen LogP contribution in [0.25, 0.3) is 10.8 Å². The fraction of sp³-hybridized carbons (Fsp3) is 0.158. The lowest BCUT2D eigenvalue weighted by molar-refractivity contribution is 0.0947. The Kier molecular flexibility index (Phi) is 4.52. The van der Waals surface area contributed by atoms with Gasteiger partial charge in [0.05, 0.1) is 12.1 Å². The Morgan fingerprint density at radius 3 is 2.74 bits per heavy atom. The van der Waals surface area contributed by atoms with Gasteiger partial charge in [0.25, 0.3) is 5.91 Å². The van der Waals surface area contributed by atoms with Gasteiger partial charge in [0, 0.05) is 17.3 Å². The summed E-state index contributed by atoms with van der Waals surface area (Å²) < 4.78 is 5.79. The van der Waals surface area contributed by atoms with Crippen LogP contribution in [0.4, 0.5) is 0 Å². The quantitative estimate of drug-likeness (QED) is 0.735. The lowest BCUT2D eigenvalue weighted by Gasteiger charge is -2.10. The van der Waals surface area contributed by atoms with Crippen molar-refractivity contribution in [3.8, 4) is 5.75 Å². The molecule has 0 spiro atoms. The highest BCUT2D eigenvalue weighted by Crippen LogP contribution is 2.24. The number of aromatic nitrogens is 1. The molecule has 0 saturated heterocycles. The maximum atomic E-state index is 12.0. The molecule has 3 rings (SSSR count). The van der Waals surface area contributed by atoms with E-state index in [1.165, 1.54) is 0 Å². The molecule has 4 nitrogen and oxygen atoms in total. The molecule has 1 N–H and O–H groups in total. The third kappa shape index (κ3) is 3.66. The van der Waals surface area contributed by atoms with Crippen LogP contribution in [0.15, 0.2) is 60.8 Å². The van der Waals surface area contributed by atoms with Crippen LogP contribution in [0.5, 0.6) is 5.75 Å². The fourth-order valence-electron chi connectivity index (χ4n) is 2.35.